The normalized spacial score (nSPS) is 11.8. The minimum Gasteiger partial charge on any atom is -0.451 e. The van der Waals surface area contributed by atoms with Crippen molar-refractivity contribution >= 4 is 50.0 Å². The van der Waals surface area contributed by atoms with Crippen LogP contribution in [0.4, 0.5) is 0 Å². The summed E-state index contributed by atoms with van der Waals surface area (Å²) in [6.45, 7) is 0.206. The lowest BCUT2D eigenvalue weighted by atomic mass is 10.2. The van der Waals surface area contributed by atoms with E-state index in [2.05, 4.69) is 10.9 Å². The first-order valence-electron chi connectivity index (χ1n) is 7.92. The second-order valence-electron chi connectivity index (χ2n) is 5.65. The summed E-state index contributed by atoms with van der Waals surface area (Å²) in [5, 5.41) is 0.926. The van der Waals surface area contributed by atoms with E-state index in [1.54, 1.807) is 34.9 Å². The monoisotopic (exact) mass is 394 g/mol. The van der Waals surface area contributed by atoms with E-state index in [-0.39, 0.29) is 17.7 Å². The molecule has 1 amide bonds. The van der Waals surface area contributed by atoms with Crippen LogP contribution in [0.25, 0.3) is 21.2 Å². The Hall–Kier alpha value is -3.14. The molecule has 2 aromatic heterocycles. The molecule has 132 valence electrons. The molecule has 0 spiro atoms. The number of hydrogen-bond acceptors (Lipinski definition) is 4. The first-order chi connectivity index (χ1) is 13.1. The van der Waals surface area contributed by atoms with Crippen LogP contribution in [0, 0.1) is 12.3 Å². The number of terminal acetylenes is 1. The van der Waals surface area contributed by atoms with Gasteiger partial charge >= 0.3 is 5.91 Å². The van der Waals surface area contributed by atoms with Crippen molar-refractivity contribution in [2.45, 2.75) is 6.54 Å². The van der Waals surface area contributed by atoms with Gasteiger partial charge in [0.15, 0.2) is 16.0 Å². The molecule has 0 N–H and O–H groups in total. The molecule has 0 aliphatic rings. The van der Waals surface area contributed by atoms with Gasteiger partial charge in [-0.25, -0.2) is 0 Å². The van der Waals surface area contributed by atoms with Crippen molar-refractivity contribution < 1.29 is 9.21 Å². The Morgan fingerprint density at radius 1 is 1.26 bits per heavy atom. The fourth-order valence-electron chi connectivity index (χ4n) is 2.76. The van der Waals surface area contributed by atoms with Gasteiger partial charge in [0.2, 0.25) is 0 Å². The highest BCUT2D eigenvalue weighted by Gasteiger charge is 2.14. The average molecular weight is 395 g/mol. The molecule has 27 heavy (non-hydrogen) atoms. The number of amides is 1. The summed E-state index contributed by atoms with van der Waals surface area (Å²) in [6, 6.07) is 13.3. The summed E-state index contributed by atoms with van der Waals surface area (Å²) >= 11 is 7.57. The van der Waals surface area contributed by atoms with E-state index >= 15 is 0 Å². The molecule has 0 unspecified atom stereocenters. The van der Waals surface area contributed by atoms with Gasteiger partial charge in [-0.05, 0) is 24.3 Å². The van der Waals surface area contributed by atoms with Gasteiger partial charge in [-0.3, -0.25) is 9.59 Å². The van der Waals surface area contributed by atoms with Gasteiger partial charge in [-0.2, -0.15) is 4.99 Å². The molecule has 0 fully saturated rings. The van der Waals surface area contributed by atoms with Crippen molar-refractivity contribution in [1.82, 2.24) is 4.57 Å². The van der Waals surface area contributed by atoms with Crippen molar-refractivity contribution in [2.24, 2.45) is 4.99 Å². The van der Waals surface area contributed by atoms with Gasteiger partial charge < -0.3 is 8.98 Å². The number of rotatable bonds is 2. The van der Waals surface area contributed by atoms with E-state index in [1.165, 1.54) is 11.3 Å². The second kappa shape index (κ2) is 6.88. The van der Waals surface area contributed by atoms with E-state index in [0.29, 0.717) is 26.3 Å². The first-order valence-corrected chi connectivity index (χ1v) is 9.11. The molecule has 4 aromatic rings. The van der Waals surface area contributed by atoms with Gasteiger partial charge in [0.05, 0.1) is 27.2 Å². The van der Waals surface area contributed by atoms with Crippen molar-refractivity contribution in [2.75, 3.05) is 0 Å². The third-order valence-electron chi connectivity index (χ3n) is 3.94. The van der Waals surface area contributed by atoms with Gasteiger partial charge in [-0.1, -0.05) is 47.1 Å². The maximum absolute atomic E-state index is 12.6. The highest BCUT2D eigenvalue weighted by molar-refractivity contribution is 7.16. The van der Waals surface area contributed by atoms with Crippen LogP contribution in [0.3, 0.4) is 0 Å². The predicted octanol–water partition coefficient (Wildman–Crippen LogP) is 3.84. The number of benzene rings is 2. The highest BCUT2D eigenvalue weighted by Crippen LogP contribution is 2.25. The predicted molar refractivity (Wildman–Crippen MR) is 106 cm³/mol. The molecule has 4 rings (SSSR count). The number of carbonyl (C=O) groups excluding carboxylic acids is 1. The zero-order valence-electron chi connectivity index (χ0n) is 13.8. The number of aromatic nitrogens is 1. The van der Waals surface area contributed by atoms with Gasteiger partial charge in [0, 0.05) is 6.07 Å². The minimum absolute atomic E-state index is 0.130. The maximum atomic E-state index is 12.6. The number of carbonyl (C=O) groups is 1. The van der Waals surface area contributed by atoms with E-state index in [1.807, 2.05) is 12.1 Å². The van der Waals surface area contributed by atoms with Gasteiger partial charge in [-0.15, -0.1) is 6.42 Å². The largest absolute Gasteiger partial charge is 0.451 e. The van der Waals surface area contributed by atoms with Gasteiger partial charge in [0.25, 0.3) is 0 Å². The fraction of sp³-hybridized carbons (Fsp3) is 0.0500. The summed E-state index contributed by atoms with van der Waals surface area (Å²) < 4.78 is 8.10. The first kappa shape index (κ1) is 17.3. The maximum Gasteiger partial charge on any atom is 0.315 e. The van der Waals surface area contributed by atoms with Crippen LogP contribution in [0.1, 0.15) is 10.6 Å². The molecule has 0 aliphatic heterocycles. The van der Waals surface area contributed by atoms with E-state index in [9.17, 15) is 9.59 Å². The molecule has 0 saturated carbocycles. The molecule has 0 saturated heterocycles. The molecule has 2 aromatic carbocycles. The number of nitrogens with zero attached hydrogens (tertiary/aromatic N) is 2. The molecule has 7 heteroatoms. The summed E-state index contributed by atoms with van der Waals surface area (Å²) in [5.74, 6) is 1.75. The standard InChI is InChI=1S/C20H11ClN2O3S/c1-2-10-23-18-13(21)7-5-9-17(18)27-20(23)22-19(25)16-11-14(24)12-6-3-4-8-15(12)26-16/h1,3-9,11H,10H2. The summed E-state index contributed by atoms with van der Waals surface area (Å²) in [6.07, 6.45) is 5.46. The molecule has 5 nitrogen and oxygen atoms in total. The highest BCUT2D eigenvalue weighted by atomic mass is 35.5. The molecular formula is C20H11ClN2O3S. The molecule has 2 heterocycles. The van der Waals surface area contributed by atoms with Crippen LogP contribution in [0.2, 0.25) is 5.02 Å². The van der Waals surface area contributed by atoms with Crippen LogP contribution in [-0.4, -0.2) is 10.5 Å². The third kappa shape index (κ3) is 3.08. The number of para-hydroxylation sites is 2. The Bertz CT molecular complexity index is 1370. The number of fused-ring (bicyclic) bond motifs is 2. The Balaban J connectivity index is 1.90. The van der Waals surface area contributed by atoms with E-state index in [4.69, 9.17) is 22.4 Å². The summed E-state index contributed by atoms with van der Waals surface area (Å²) in [4.78, 5) is 29.4. The summed E-state index contributed by atoms with van der Waals surface area (Å²) in [5.41, 5.74) is 0.749. The van der Waals surface area contributed by atoms with Crippen LogP contribution in [0.15, 0.2) is 62.7 Å². The van der Waals surface area contributed by atoms with Crippen molar-refractivity contribution in [1.29, 1.82) is 0 Å². The smallest absolute Gasteiger partial charge is 0.315 e. The Labute approximate surface area is 162 Å². The lowest BCUT2D eigenvalue weighted by Gasteiger charge is -2.02. The number of hydrogen-bond donors (Lipinski definition) is 0. The molecule has 0 bridgehead atoms. The van der Waals surface area contributed by atoms with Crippen LogP contribution in [0.5, 0.6) is 0 Å². The minimum atomic E-state index is -0.661. The van der Waals surface area contributed by atoms with Crippen molar-refractivity contribution in [3.8, 4) is 12.3 Å². The lowest BCUT2D eigenvalue weighted by Crippen LogP contribution is -2.17. The fourth-order valence-corrected chi connectivity index (χ4v) is 4.15. The SMILES string of the molecule is C#CCn1c(=NC(=O)c2cc(=O)c3ccccc3o2)sc2cccc(Cl)c21. The van der Waals surface area contributed by atoms with Gasteiger partial charge in [0.1, 0.15) is 5.58 Å². The number of halogens is 1. The number of thiazole rings is 1. The average Bonchev–Trinajstić information content (AvgIpc) is 3.00. The lowest BCUT2D eigenvalue weighted by molar-refractivity contribution is 0.0972. The van der Waals surface area contributed by atoms with E-state index in [0.717, 1.165) is 10.8 Å². The van der Waals surface area contributed by atoms with Crippen LogP contribution in [-0.2, 0) is 6.54 Å². The zero-order valence-corrected chi connectivity index (χ0v) is 15.4. The van der Waals surface area contributed by atoms with Crippen molar-refractivity contribution in [3.63, 3.8) is 0 Å². The van der Waals surface area contributed by atoms with Crippen molar-refractivity contribution in [3.05, 3.63) is 74.3 Å². The van der Waals surface area contributed by atoms with Crippen LogP contribution < -0.4 is 10.2 Å². The zero-order chi connectivity index (χ0) is 19.0. The quantitative estimate of drug-likeness (QED) is 0.485. The van der Waals surface area contributed by atoms with E-state index < -0.39 is 5.91 Å². The molecule has 0 radical (unpaired) electrons. The topological polar surface area (TPSA) is 64.6 Å². The third-order valence-corrected chi connectivity index (χ3v) is 5.29. The van der Waals surface area contributed by atoms with Crippen LogP contribution >= 0.6 is 22.9 Å². The molecule has 0 aliphatic carbocycles. The Kier molecular flexibility index (Phi) is 4.40. The summed E-state index contributed by atoms with van der Waals surface area (Å²) in [7, 11) is 0. The second-order valence-corrected chi connectivity index (χ2v) is 7.07. The Morgan fingerprint density at radius 3 is 2.89 bits per heavy atom. The molecular weight excluding hydrogens is 384 g/mol. The molecule has 0 atom stereocenters. The Morgan fingerprint density at radius 2 is 2.07 bits per heavy atom.